The summed E-state index contributed by atoms with van der Waals surface area (Å²) in [5, 5.41) is 9.68. The third kappa shape index (κ3) is 61.1. The lowest BCUT2D eigenvalue weighted by atomic mass is 10.0. The number of aliphatic hydroxyl groups is 1. The Labute approximate surface area is 459 Å². The standard InChI is InChI=1S/C69H118O5/c1-3-5-7-9-11-13-15-17-19-21-23-25-27-29-31-33-34-36-37-39-41-43-45-47-49-51-53-55-57-59-61-63-68(71)73-66-67(65-70)74-69(72)64-62-60-58-56-54-52-50-48-46-44-42-40-38-35-32-30-28-26-24-22-20-18-16-14-12-10-8-6-4-2/h6,8,12,14-15,17-18,20-21,23-24,26,30,32,38,40,44,46,67,70H,3-5,7,9-11,13,16,19,22,25,27-29,31,33-37,39,41-43,45,47-66H2,1-2H3/b8-6-,14-12-,17-15-,20-18-,23-21-,26-24-,32-30-,40-38-,46-44-. The first-order chi connectivity index (χ1) is 36.6. The van der Waals surface area contributed by atoms with Crippen molar-refractivity contribution in [3.63, 3.8) is 0 Å². The fraction of sp³-hybridized carbons (Fsp3) is 0.710. The SMILES string of the molecule is CC/C=C\C/C=C\C/C=C\C/C=C\C/C=C\C/C=C\C/C=C\CCCCCCCCCC(=O)OC(CO)COC(=O)CCCCCCCCCCCCCCCCCCCCC/C=C\C/C=C\CCCCCCC. The van der Waals surface area contributed by atoms with E-state index in [-0.39, 0.29) is 25.2 Å². The lowest BCUT2D eigenvalue weighted by Gasteiger charge is -2.15. The van der Waals surface area contributed by atoms with Crippen molar-refractivity contribution in [2.24, 2.45) is 0 Å². The van der Waals surface area contributed by atoms with Crippen LogP contribution >= 0.6 is 0 Å². The van der Waals surface area contributed by atoms with Gasteiger partial charge in [0, 0.05) is 12.8 Å². The molecule has 0 saturated carbocycles. The zero-order valence-corrected chi connectivity index (χ0v) is 48.6. The van der Waals surface area contributed by atoms with Crippen molar-refractivity contribution in [2.75, 3.05) is 13.2 Å². The molecular formula is C69H118O5. The number of rotatable bonds is 57. The summed E-state index contributed by atoms with van der Waals surface area (Å²) in [5.41, 5.74) is 0. The van der Waals surface area contributed by atoms with Crippen LogP contribution in [0.4, 0.5) is 0 Å². The molecule has 0 spiro atoms. The molecule has 0 aliphatic heterocycles. The van der Waals surface area contributed by atoms with E-state index in [2.05, 4.69) is 123 Å². The molecule has 5 nitrogen and oxygen atoms in total. The monoisotopic (exact) mass is 1030 g/mol. The van der Waals surface area contributed by atoms with E-state index in [0.717, 1.165) is 96.3 Å². The maximum atomic E-state index is 12.3. The first-order valence-corrected chi connectivity index (χ1v) is 31.4. The number of hydrogen-bond acceptors (Lipinski definition) is 5. The van der Waals surface area contributed by atoms with E-state index in [1.54, 1.807) is 0 Å². The predicted octanol–water partition coefficient (Wildman–Crippen LogP) is 21.6. The van der Waals surface area contributed by atoms with Gasteiger partial charge in [-0.1, -0.05) is 290 Å². The molecule has 74 heavy (non-hydrogen) atoms. The number of carbonyl (C=O) groups is 2. The highest BCUT2D eigenvalue weighted by Crippen LogP contribution is 2.16. The van der Waals surface area contributed by atoms with Crippen molar-refractivity contribution in [1.82, 2.24) is 0 Å². The molecule has 1 unspecified atom stereocenters. The van der Waals surface area contributed by atoms with Crippen LogP contribution in [-0.4, -0.2) is 36.4 Å². The van der Waals surface area contributed by atoms with Crippen LogP contribution in [0.25, 0.3) is 0 Å². The van der Waals surface area contributed by atoms with Crippen molar-refractivity contribution < 1.29 is 24.2 Å². The molecule has 0 aromatic rings. The highest BCUT2D eigenvalue weighted by Gasteiger charge is 2.16. The Hall–Kier alpha value is -3.44. The predicted molar refractivity (Wildman–Crippen MR) is 325 cm³/mol. The fourth-order valence-corrected chi connectivity index (χ4v) is 8.86. The van der Waals surface area contributed by atoms with Gasteiger partial charge in [0.05, 0.1) is 6.61 Å². The third-order valence-corrected chi connectivity index (χ3v) is 13.6. The average molecular weight is 1030 g/mol. The quantitative estimate of drug-likeness (QED) is 0.0373. The summed E-state index contributed by atoms with van der Waals surface area (Å²) in [6.45, 7) is 4.03. The lowest BCUT2D eigenvalue weighted by molar-refractivity contribution is -0.161. The van der Waals surface area contributed by atoms with Gasteiger partial charge in [0.1, 0.15) is 6.61 Å². The van der Waals surface area contributed by atoms with Gasteiger partial charge in [-0.25, -0.2) is 0 Å². The molecule has 5 heteroatoms. The Bertz CT molecular complexity index is 1440. The topological polar surface area (TPSA) is 72.8 Å². The van der Waals surface area contributed by atoms with Gasteiger partial charge in [0.25, 0.3) is 0 Å². The van der Waals surface area contributed by atoms with Crippen molar-refractivity contribution in [3.8, 4) is 0 Å². The van der Waals surface area contributed by atoms with E-state index in [9.17, 15) is 14.7 Å². The summed E-state index contributed by atoms with van der Waals surface area (Å²) in [7, 11) is 0. The molecule has 1 atom stereocenters. The van der Waals surface area contributed by atoms with Crippen LogP contribution in [0, 0.1) is 0 Å². The minimum absolute atomic E-state index is 0.0738. The molecule has 0 fully saturated rings. The Kier molecular flexibility index (Phi) is 60.9. The van der Waals surface area contributed by atoms with Gasteiger partial charge in [-0.05, 0) is 103 Å². The Morgan fingerprint density at radius 2 is 0.581 bits per heavy atom. The van der Waals surface area contributed by atoms with E-state index >= 15 is 0 Å². The summed E-state index contributed by atoms with van der Waals surface area (Å²) in [6, 6.07) is 0. The molecule has 0 saturated heterocycles. The van der Waals surface area contributed by atoms with E-state index < -0.39 is 6.10 Å². The molecular weight excluding hydrogens is 909 g/mol. The summed E-state index contributed by atoms with van der Waals surface area (Å²) in [4.78, 5) is 24.6. The van der Waals surface area contributed by atoms with Crippen LogP contribution in [0.1, 0.15) is 296 Å². The second-order valence-electron chi connectivity index (χ2n) is 20.8. The number of unbranched alkanes of at least 4 members (excludes halogenated alkanes) is 31. The zero-order valence-electron chi connectivity index (χ0n) is 48.6. The molecule has 0 bridgehead atoms. The van der Waals surface area contributed by atoms with Crippen LogP contribution < -0.4 is 0 Å². The Morgan fingerprint density at radius 3 is 0.878 bits per heavy atom. The van der Waals surface area contributed by atoms with Crippen LogP contribution in [-0.2, 0) is 19.1 Å². The van der Waals surface area contributed by atoms with Gasteiger partial charge in [-0.2, -0.15) is 0 Å². The normalized spacial score (nSPS) is 13.0. The smallest absolute Gasteiger partial charge is 0.306 e. The molecule has 0 amide bonds. The number of aliphatic hydroxyl groups excluding tert-OH is 1. The van der Waals surface area contributed by atoms with Gasteiger partial charge in [0.2, 0.25) is 0 Å². The van der Waals surface area contributed by atoms with Crippen molar-refractivity contribution >= 4 is 11.9 Å². The number of allylic oxidation sites excluding steroid dienone is 18. The first-order valence-electron chi connectivity index (χ1n) is 31.4. The van der Waals surface area contributed by atoms with Gasteiger partial charge in [-0.3, -0.25) is 9.59 Å². The molecule has 0 aromatic heterocycles. The van der Waals surface area contributed by atoms with E-state index in [0.29, 0.717) is 12.8 Å². The summed E-state index contributed by atoms with van der Waals surface area (Å²) >= 11 is 0. The van der Waals surface area contributed by atoms with Crippen LogP contribution in [0.15, 0.2) is 109 Å². The second kappa shape index (κ2) is 63.8. The molecule has 0 aliphatic rings. The highest BCUT2D eigenvalue weighted by molar-refractivity contribution is 5.70. The number of hydrogen-bond donors (Lipinski definition) is 1. The van der Waals surface area contributed by atoms with Crippen molar-refractivity contribution in [1.29, 1.82) is 0 Å². The molecule has 0 aliphatic carbocycles. The minimum Gasteiger partial charge on any atom is -0.462 e. The van der Waals surface area contributed by atoms with Crippen molar-refractivity contribution in [3.05, 3.63) is 109 Å². The zero-order chi connectivity index (χ0) is 53.4. The fourth-order valence-electron chi connectivity index (χ4n) is 8.86. The third-order valence-electron chi connectivity index (χ3n) is 13.6. The molecule has 0 rings (SSSR count). The van der Waals surface area contributed by atoms with Crippen LogP contribution in [0.2, 0.25) is 0 Å². The Morgan fingerprint density at radius 1 is 0.324 bits per heavy atom. The molecule has 424 valence electrons. The Balaban J connectivity index is 3.51. The number of ether oxygens (including phenoxy) is 2. The van der Waals surface area contributed by atoms with E-state index in [1.165, 1.54) is 173 Å². The minimum atomic E-state index is -0.786. The highest BCUT2D eigenvalue weighted by atomic mass is 16.6. The summed E-state index contributed by atoms with van der Waals surface area (Å²) in [6.07, 6.45) is 92.2. The maximum absolute atomic E-state index is 12.3. The van der Waals surface area contributed by atoms with Gasteiger partial charge in [0.15, 0.2) is 6.10 Å². The number of carbonyl (C=O) groups excluding carboxylic acids is 2. The van der Waals surface area contributed by atoms with Gasteiger partial charge < -0.3 is 14.6 Å². The van der Waals surface area contributed by atoms with Crippen molar-refractivity contribution in [2.45, 2.75) is 302 Å². The molecule has 0 radical (unpaired) electrons. The van der Waals surface area contributed by atoms with E-state index in [1.807, 2.05) is 0 Å². The number of esters is 2. The van der Waals surface area contributed by atoms with Gasteiger partial charge in [-0.15, -0.1) is 0 Å². The first kappa shape index (κ1) is 70.6. The lowest BCUT2D eigenvalue weighted by Crippen LogP contribution is -2.28. The summed E-state index contributed by atoms with van der Waals surface area (Å²) in [5.74, 6) is -0.599. The molecule has 1 N–H and O–H groups in total. The van der Waals surface area contributed by atoms with Crippen LogP contribution in [0.5, 0.6) is 0 Å². The average Bonchev–Trinajstić information content (AvgIpc) is 3.40. The van der Waals surface area contributed by atoms with E-state index in [4.69, 9.17) is 9.47 Å². The molecule has 0 heterocycles. The maximum Gasteiger partial charge on any atom is 0.306 e. The van der Waals surface area contributed by atoms with Gasteiger partial charge >= 0.3 is 11.9 Å². The summed E-state index contributed by atoms with van der Waals surface area (Å²) < 4.78 is 10.7. The second-order valence-corrected chi connectivity index (χ2v) is 20.8. The largest absolute Gasteiger partial charge is 0.462 e. The molecule has 0 aromatic carbocycles. The van der Waals surface area contributed by atoms with Crippen LogP contribution in [0.3, 0.4) is 0 Å².